The Bertz CT molecular complexity index is 810. The largest absolute Gasteiger partial charge is 0.326 e. The molecule has 0 saturated heterocycles. The zero-order chi connectivity index (χ0) is 16.2. The van der Waals surface area contributed by atoms with Crippen LogP contribution in [0.15, 0.2) is 53.9 Å². The maximum atomic E-state index is 12.8. The second-order valence-electron chi connectivity index (χ2n) is 5.18. The van der Waals surface area contributed by atoms with Crippen LogP contribution >= 0.6 is 11.3 Å². The predicted molar refractivity (Wildman–Crippen MR) is 91.0 cm³/mol. The van der Waals surface area contributed by atoms with Crippen LogP contribution in [0.1, 0.15) is 10.6 Å². The Morgan fingerprint density at radius 2 is 1.83 bits per heavy atom. The van der Waals surface area contributed by atoms with Gasteiger partial charge in [-0.1, -0.05) is 24.3 Å². The summed E-state index contributed by atoms with van der Waals surface area (Å²) in [6.45, 7) is 1.97. The maximum Gasteiger partial charge on any atom is 0.228 e. The molecule has 3 aromatic rings. The van der Waals surface area contributed by atoms with Crippen LogP contribution in [-0.4, -0.2) is 10.9 Å². The van der Waals surface area contributed by atoms with Gasteiger partial charge in [-0.2, -0.15) is 0 Å². The van der Waals surface area contributed by atoms with Crippen molar-refractivity contribution in [3.63, 3.8) is 0 Å². The van der Waals surface area contributed by atoms with Crippen LogP contribution < -0.4 is 5.32 Å². The Hall–Kier alpha value is -2.53. The molecule has 1 N–H and O–H groups in total. The summed E-state index contributed by atoms with van der Waals surface area (Å²) >= 11 is 1.61. The van der Waals surface area contributed by atoms with Gasteiger partial charge in [0.25, 0.3) is 0 Å². The fourth-order valence-corrected chi connectivity index (χ4v) is 2.84. The number of rotatable bonds is 4. The van der Waals surface area contributed by atoms with Crippen molar-refractivity contribution in [1.29, 1.82) is 0 Å². The van der Waals surface area contributed by atoms with Gasteiger partial charge in [-0.05, 0) is 36.8 Å². The number of benzene rings is 2. The van der Waals surface area contributed by atoms with Gasteiger partial charge in [-0.3, -0.25) is 4.79 Å². The van der Waals surface area contributed by atoms with Crippen molar-refractivity contribution in [2.24, 2.45) is 0 Å². The van der Waals surface area contributed by atoms with Crippen LogP contribution in [0.5, 0.6) is 0 Å². The molecule has 2 aromatic carbocycles. The molecule has 0 saturated carbocycles. The molecule has 3 nitrogen and oxygen atoms in total. The summed E-state index contributed by atoms with van der Waals surface area (Å²) < 4.78 is 12.8. The minimum Gasteiger partial charge on any atom is -0.326 e. The first-order chi connectivity index (χ1) is 11.1. The number of thiazole rings is 1. The minimum atomic E-state index is -0.304. The second kappa shape index (κ2) is 6.71. The van der Waals surface area contributed by atoms with Crippen molar-refractivity contribution >= 4 is 22.9 Å². The lowest BCUT2D eigenvalue weighted by Gasteiger charge is -2.06. The third-order valence-corrected chi connectivity index (χ3v) is 4.13. The molecule has 1 heterocycles. The fraction of sp³-hybridized carbons (Fsp3) is 0.111. The Morgan fingerprint density at radius 3 is 2.43 bits per heavy atom. The van der Waals surface area contributed by atoms with E-state index in [9.17, 15) is 9.18 Å². The number of aryl methyl sites for hydroxylation is 1. The molecule has 116 valence electrons. The zero-order valence-electron chi connectivity index (χ0n) is 12.5. The van der Waals surface area contributed by atoms with Crippen LogP contribution in [0.25, 0.3) is 11.3 Å². The van der Waals surface area contributed by atoms with Crippen molar-refractivity contribution in [1.82, 2.24) is 4.98 Å². The molecular weight excluding hydrogens is 311 g/mol. The molecule has 23 heavy (non-hydrogen) atoms. The summed E-state index contributed by atoms with van der Waals surface area (Å²) in [5, 5.41) is 5.87. The summed E-state index contributed by atoms with van der Waals surface area (Å²) in [6, 6.07) is 13.5. The maximum absolute atomic E-state index is 12.8. The van der Waals surface area contributed by atoms with E-state index in [4.69, 9.17) is 0 Å². The molecule has 0 unspecified atom stereocenters. The van der Waals surface area contributed by atoms with Crippen LogP contribution in [-0.2, 0) is 11.2 Å². The van der Waals surface area contributed by atoms with Gasteiger partial charge in [-0.15, -0.1) is 11.3 Å². The number of carbonyl (C=O) groups excluding carboxylic acids is 1. The number of hydrogen-bond acceptors (Lipinski definition) is 3. The van der Waals surface area contributed by atoms with Gasteiger partial charge >= 0.3 is 0 Å². The number of nitrogens with zero attached hydrogens (tertiary/aromatic N) is 1. The Morgan fingerprint density at radius 1 is 1.13 bits per heavy atom. The van der Waals surface area contributed by atoms with Crippen molar-refractivity contribution < 1.29 is 9.18 Å². The van der Waals surface area contributed by atoms with Crippen molar-refractivity contribution in [3.8, 4) is 11.3 Å². The summed E-state index contributed by atoms with van der Waals surface area (Å²) in [4.78, 5) is 16.4. The van der Waals surface area contributed by atoms with Crippen LogP contribution in [0, 0.1) is 12.7 Å². The van der Waals surface area contributed by atoms with E-state index in [0.29, 0.717) is 0 Å². The standard InChI is InChI=1S/C18H15FN2OS/c1-12-20-17(11-23-12)14-4-8-16(9-5-14)21-18(22)10-13-2-6-15(19)7-3-13/h2-9,11H,10H2,1H3,(H,21,22). The van der Waals surface area contributed by atoms with Gasteiger partial charge in [0, 0.05) is 16.6 Å². The summed E-state index contributed by atoms with van der Waals surface area (Å²) in [5.41, 5.74) is 3.47. The lowest BCUT2D eigenvalue weighted by Crippen LogP contribution is -2.14. The van der Waals surface area contributed by atoms with Crippen molar-refractivity contribution in [2.75, 3.05) is 5.32 Å². The quantitative estimate of drug-likeness (QED) is 0.770. The fourth-order valence-electron chi connectivity index (χ4n) is 2.21. The second-order valence-corrected chi connectivity index (χ2v) is 6.24. The topological polar surface area (TPSA) is 42.0 Å². The van der Waals surface area contributed by atoms with Gasteiger partial charge in [0.15, 0.2) is 0 Å². The summed E-state index contributed by atoms with van der Waals surface area (Å²) in [6.07, 6.45) is 0.216. The molecular formula is C18H15FN2OS. The normalized spacial score (nSPS) is 10.5. The van der Waals surface area contributed by atoms with E-state index in [1.54, 1.807) is 23.5 Å². The SMILES string of the molecule is Cc1nc(-c2ccc(NC(=O)Cc3ccc(F)cc3)cc2)cs1. The highest BCUT2D eigenvalue weighted by molar-refractivity contribution is 7.09. The molecule has 0 bridgehead atoms. The monoisotopic (exact) mass is 326 g/mol. The van der Waals surface area contributed by atoms with E-state index >= 15 is 0 Å². The Labute approximate surface area is 137 Å². The molecule has 1 aromatic heterocycles. The molecule has 0 aliphatic rings. The van der Waals surface area contributed by atoms with Crippen LogP contribution in [0.2, 0.25) is 0 Å². The summed E-state index contributed by atoms with van der Waals surface area (Å²) in [5.74, 6) is -0.434. The van der Waals surface area contributed by atoms with Gasteiger partial charge in [0.1, 0.15) is 5.82 Å². The molecule has 0 atom stereocenters. The highest BCUT2D eigenvalue weighted by atomic mass is 32.1. The first-order valence-corrected chi connectivity index (χ1v) is 8.05. The molecule has 0 aliphatic carbocycles. The average Bonchev–Trinajstić information content (AvgIpc) is 2.97. The highest BCUT2D eigenvalue weighted by Crippen LogP contribution is 2.23. The van der Waals surface area contributed by atoms with E-state index in [2.05, 4.69) is 10.3 Å². The Kier molecular flexibility index (Phi) is 4.48. The number of aromatic nitrogens is 1. The first kappa shape index (κ1) is 15.4. The number of carbonyl (C=O) groups is 1. The van der Waals surface area contributed by atoms with Crippen LogP contribution in [0.3, 0.4) is 0 Å². The molecule has 0 spiro atoms. The smallest absolute Gasteiger partial charge is 0.228 e. The van der Waals surface area contributed by atoms with Crippen LogP contribution in [0.4, 0.5) is 10.1 Å². The number of anilines is 1. The lowest BCUT2D eigenvalue weighted by molar-refractivity contribution is -0.115. The van der Waals surface area contributed by atoms with E-state index in [0.717, 1.165) is 27.5 Å². The predicted octanol–water partition coefficient (Wildman–Crippen LogP) is 4.44. The number of hydrogen-bond donors (Lipinski definition) is 1. The molecule has 3 rings (SSSR count). The number of amides is 1. The van der Waals surface area contributed by atoms with Gasteiger partial charge < -0.3 is 5.32 Å². The zero-order valence-corrected chi connectivity index (χ0v) is 13.4. The molecule has 0 radical (unpaired) electrons. The summed E-state index contributed by atoms with van der Waals surface area (Å²) in [7, 11) is 0. The third-order valence-electron chi connectivity index (χ3n) is 3.36. The molecule has 5 heteroatoms. The minimum absolute atomic E-state index is 0.131. The number of nitrogens with one attached hydrogen (secondary N) is 1. The van der Waals surface area contributed by atoms with E-state index in [1.807, 2.05) is 36.6 Å². The highest BCUT2D eigenvalue weighted by Gasteiger charge is 2.06. The Balaban J connectivity index is 1.63. The van der Waals surface area contributed by atoms with Gasteiger partial charge in [0.2, 0.25) is 5.91 Å². The van der Waals surface area contributed by atoms with Gasteiger partial charge in [-0.25, -0.2) is 9.37 Å². The number of halogens is 1. The average molecular weight is 326 g/mol. The molecule has 0 fully saturated rings. The lowest BCUT2D eigenvalue weighted by atomic mass is 10.1. The molecule has 0 aliphatic heterocycles. The van der Waals surface area contributed by atoms with Gasteiger partial charge in [0.05, 0.1) is 17.1 Å². The van der Waals surface area contributed by atoms with E-state index in [-0.39, 0.29) is 18.1 Å². The van der Waals surface area contributed by atoms with Crippen molar-refractivity contribution in [2.45, 2.75) is 13.3 Å². The molecule has 1 amide bonds. The first-order valence-electron chi connectivity index (χ1n) is 7.17. The van der Waals surface area contributed by atoms with E-state index in [1.165, 1.54) is 12.1 Å². The third kappa shape index (κ3) is 4.02. The van der Waals surface area contributed by atoms with Crippen molar-refractivity contribution in [3.05, 3.63) is 70.3 Å². The van der Waals surface area contributed by atoms with E-state index < -0.39 is 0 Å².